The fourth-order valence-electron chi connectivity index (χ4n) is 2.02. The Labute approximate surface area is 123 Å². The number of aromatic nitrogens is 3. The van der Waals surface area contributed by atoms with E-state index in [-0.39, 0.29) is 12.5 Å². The predicted octanol–water partition coefficient (Wildman–Crippen LogP) is 0.551. The first-order valence-electron chi connectivity index (χ1n) is 6.71. The van der Waals surface area contributed by atoms with Gasteiger partial charge in [0.2, 0.25) is 0 Å². The quantitative estimate of drug-likeness (QED) is 0.722. The van der Waals surface area contributed by atoms with Crippen molar-refractivity contribution in [1.82, 2.24) is 20.3 Å². The highest BCUT2D eigenvalue weighted by molar-refractivity contribution is 5.96. The maximum Gasteiger partial charge on any atom is 0.251 e. The summed E-state index contributed by atoms with van der Waals surface area (Å²) >= 11 is 0. The molecule has 0 radical (unpaired) electrons. The van der Waals surface area contributed by atoms with Crippen LogP contribution in [0.15, 0.2) is 24.4 Å². The van der Waals surface area contributed by atoms with Crippen molar-refractivity contribution in [1.29, 1.82) is 0 Å². The number of nitrogens with zero attached hydrogens (tertiary/aromatic N) is 3. The van der Waals surface area contributed by atoms with Gasteiger partial charge in [-0.3, -0.25) is 4.79 Å². The van der Waals surface area contributed by atoms with Gasteiger partial charge in [-0.05, 0) is 24.6 Å². The fraction of sp³-hybridized carbons (Fsp3) is 0.357. The van der Waals surface area contributed by atoms with E-state index in [0.29, 0.717) is 18.7 Å². The molecule has 0 saturated carbocycles. The summed E-state index contributed by atoms with van der Waals surface area (Å²) in [6, 6.07) is 5.54. The number of benzene rings is 1. The monoisotopic (exact) mass is 289 g/mol. The third kappa shape index (κ3) is 3.57. The minimum Gasteiger partial charge on any atom is -0.394 e. The summed E-state index contributed by atoms with van der Waals surface area (Å²) in [5.41, 5.74) is 3.19. The van der Waals surface area contributed by atoms with Gasteiger partial charge in [-0.2, -0.15) is 0 Å². The summed E-state index contributed by atoms with van der Waals surface area (Å²) in [5, 5.41) is 22.6. The zero-order valence-corrected chi connectivity index (χ0v) is 12.1. The van der Waals surface area contributed by atoms with E-state index in [1.54, 1.807) is 24.0 Å². The van der Waals surface area contributed by atoms with E-state index in [1.807, 2.05) is 19.1 Å². The van der Waals surface area contributed by atoms with Crippen molar-refractivity contribution in [3.05, 3.63) is 41.2 Å². The Bertz CT molecular complexity index is 624. The molecule has 0 aliphatic rings. The second-order valence-corrected chi connectivity index (χ2v) is 4.61. The molecular weight excluding hydrogens is 270 g/mol. The summed E-state index contributed by atoms with van der Waals surface area (Å²) in [4.78, 5) is 11.7. The lowest BCUT2D eigenvalue weighted by Crippen LogP contribution is -2.19. The average molecular weight is 289 g/mol. The molecule has 1 aromatic heterocycles. The lowest BCUT2D eigenvalue weighted by Gasteiger charge is -2.11. The van der Waals surface area contributed by atoms with Crippen molar-refractivity contribution in [3.63, 3.8) is 0 Å². The number of hydrogen-bond acceptors (Lipinski definition) is 5. The molecule has 7 heteroatoms. The predicted molar refractivity (Wildman–Crippen MR) is 79.0 cm³/mol. The Morgan fingerprint density at radius 2 is 2.24 bits per heavy atom. The Kier molecular flexibility index (Phi) is 4.89. The van der Waals surface area contributed by atoms with Crippen molar-refractivity contribution in [2.24, 2.45) is 0 Å². The average Bonchev–Trinajstić information content (AvgIpc) is 2.93. The van der Waals surface area contributed by atoms with Crippen molar-refractivity contribution in [2.45, 2.75) is 20.0 Å². The van der Waals surface area contributed by atoms with Crippen LogP contribution >= 0.6 is 0 Å². The smallest absolute Gasteiger partial charge is 0.251 e. The number of nitrogens with one attached hydrogen (secondary N) is 2. The number of aliphatic hydroxyl groups is 1. The van der Waals surface area contributed by atoms with Crippen LogP contribution < -0.4 is 10.6 Å². The molecule has 0 atom stereocenters. The van der Waals surface area contributed by atoms with Gasteiger partial charge in [0.05, 0.1) is 25.9 Å². The first-order valence-corrected chi connectivity index (χ1v) is 6.71. The fourth-order valence-corrected chi connectivity index (χ4v) is 2.02. The van der Waals surface area contributed by atoms with Gasteiger partial charge in [0.25, 0.3) is 5.91 Å². The molecule has 0 unspecified atom stereocenters. The highest BCUT2D eigenvalue weighted by Gasteiger charge is 2.10. The molecule has 0 aliphatic carbocycles. The van der Waals surface area contributed by atoms with Crippen LogP contribution in [0.5, 0.6) is 0 Å². The lowest BCUT2D eigenvalue weighted by atomic mass is 10.1. The van der Waals surface area contributed by atoms with Crippen molar-refractivity contribution >= 4 is 11.6 Å². The standard InChI is InChI=1S/C14H19N5O2/c1-10-12(14(21)15-2)4-3-5-13(10)16-8-11-9-19(6-7-20)18-17-11/h3-5,9,16,20H,6-8H2,1-2H3,(H,15,21). The summed E-state index contributed by atoms with van der Waals surface area (Å²) in [5.74, 6) is -0.106. The molecule has 3 N–H and O–H groups in total. The number of amides is 1. The van der Waals surface area contributed by atoms with Crippen LogP contribution in [0.4, 0.5) is 5.69 Å². The van der Waals surface area contributed by atoms with Crippen molar-refractivity contribution < 1.29 is 9.90 Å². The zero-order valence-electron chi connectivity index (χ0n) is 12.1. The van der Waals surface area contributed by atoms with Gasteiger partial charge >= 0.3 is 0 Å². The molecule has 0 saturated heterocycles. The third-order valence-electron chi connectivity index (χ3n) is 3.18. The van der Waals surface area contributed by atoms with Gasteiger partial charge in [-0.1, -0.05) is 11.3 Å². The minimum atomic E-state index is -0.106. The molecule has 0 aliphatic heterocycles. The number of carbonyl (C=O) groups excluding carboxylic acids is 1. The molecule has 1 aromatic carbocycles. The van der Waals surface area contributed by atoms with Gasteiger partial charge in [-0.25, -0.2) is 4.68 Å². The Hall–Kier alpha value is -2.41. The maximum atomic E-state index is 11.7. The first-order chi connectivity index (χ1) is 10.2. The molecule has 2 aromatic rings. The first kappa shape index (κ1) is 15.0. The number of aliphatic hydroxyl groups excluding tert-OH is 1. The summed E-state index contributed by atoms with van der Waals surface area (Å²) in [6.07, 6.45) is 1.78. The van der Waals surface area contributed by atoms with Gasteiger partial charge in [0.15, 0.2) is 0 Å². The summed E-state index contributed by atoms with van der Waals surface area (Å²) < 4.78 is 1.59. The van der Waals surface area contributed by atoms with Crippen LogP contribution in [0, 0.1) is 6.92 Å². The van der Waals surface area contributed by atoms with Gasteiger partial charge in [0.1, 0.15) is 5.69 Å². The molecule has 112 valence electrons. The van der Waals surface area contributed by atoms with Crippen LogP contribution in [0.1, 0.15) is 21.6 Å². The van der Waals surface area contributed by atoms with E-state index >= 15 is 0 Å². The number of rotatable bonds is 6. The van der Waals surface area contributed by atoms with Crippen LogP contribution in [0.25, 0.3) is 0 Å². The van der Waals surface area contributed by atoms with E-state index in [9.17, 15) is 4.79 Å². The highest BCUT2D eigenvalue weighted by Crippen LogP contribution is 2.19. The maximum absolute atomic E-state index is 11.7. The second kappa shape index (κ2) is 6.85. The topological polar surface area (TPSA) is 92.1 Å². The molecule has 0 spiro atoms. The Balaban J connectivity index is 2.07. The van der Waals surface area contributed by atoms with E-state index in [4.69, 9.17) is 5.11 Å². The van der Waals surface area contributed by atoms with Crippen LogP contribution in [0.2, 0.25) is 0 Å². The normalized spacial score (nSPS) is 10.4. The van der Waals surface area contributed by atoms with Gasteiger partial charge in [-0.15, -0.1) is 5.10 Å². The summed E-state index contributed by atoms with van der Waals surface area (Å²) in [7, 11) is 1.61. The van der Waals surface area contributed by atoms with Crippen LogP contribution in [-0.2, 0) is 13.1 Å². The second-order valence-electron chi connectivity index (χ2n) is 4.61. The van der Waals surface area contributed by atoms with E-state index in [1.165, 1.54) is 0 Å². The number of carbonyl (C=O) groups is 1. The zero-order chi connectivity index (χ0) is 15.2. The third-order valence-corrected chi connectivity index (χ3v) is 3.18. The molecule has 2 rings (SSSR count). The number of hydrogen-bond donors (Lipinski definition) is 3. The Morgan fingerprint density at radius 1 is 1.43 bits per heavy atom. The van der Waals surface area contributed by atoms with E-state index in [2.05, 4.69) is 20.9 Å². The van der Waals surface area contributed by atoms with Gasteiger partial charge < -0.3 is 15.7 Å². The lowest BCUT2D eigenvalue weighted by molar-refractivity contribution is 0.0962. The molecule has 0 bridgehead atoms. The molecule has 7 nitrogen and oxygen atoms in total. The molecule has 0 fully saturated rings. The van der Waals surface area contributed by atoms with Crippen LogP contribution in [-0.4, -0.2) is 39.7 Å². The van der Waals surface area contributed by atoms with E-state index in [0.717, 1.165) is 16.9 Å². The highest BCUT2D eigenvalue weighted by atomic mass is 16.3. The summed E-state index contributed by atoms with van der Waals surface area (Å²) in [6.45, 7) is 2.86. The minimum absolute atomic E-state index is 0.0313. The SMILES string of the molecule is CNC(=O)c1cccc(NCc2cn(CCO)nn2)c1C. The molecule has 21 heavy (non-hydrogen) atoms. The molecule has 1 amide bonds. The largest absolute Gasteiger partial charge is 0.394 e. The Morgan fingerprint density at radius 3 is 2.95 bits per heavy atom. The van der Waals surface area contributed by atoms with Gasteiger partial charge in [0, 0.05) is 18.3 Å². The molecule has 1 heterocycles. The van der Waals surface area contributed by atoms with Crippen molar-refractivity contribution in [2.75, 3.05) is 19.0 Å². The molecular formula is C14H19N5O2. The van der Waals surface area contributed by atoms with E-state index < -0.39 is 0 Å². The van der Waals surface area contributed by atoms with Crippen molar-refractivity contribution in [3.8, 4) is 0 Å². The number of anilines is 1. The van der Waals surface area contributed by atoms with Crippen LogP contribution in [0.3, 0.4) is 0 Å².